The smallest absolute Gasteiger partial charge is 0.227 e. The Morgan fingerprint density at radius 2 is 1.82 bits per heavy atom. The normalized spacial score (nSPS) is 9.71. The van der Waals surface area contributed by atoms with Crippen molar-refractivity contribution in [2.75, 3.05) is 13.1 Å². The van der Waals surface area contributed by atoms with Crippen LogP contribution in [0, 0.1) is 6.92 Å². The molecule has 0 unspecified atom stereocenters. The molecule has 0 radical (unpaired) electrons. The van der Waals surface area contributed by atoms with Crippen LogP contribution in [-0.2, 0) is 11.2 Å². The van der Waals surface area contributed by atoms with Gasteiger partial charge in [-0.3, -0.25) is 4.79 Å². The minimum atomic E-state index is 0.110. The lowest BCUT2D eigenvalue weighted by Crippen LogP contribution is -2.32. The molecule has 1 aromatic rings. The van der Waals surface area contributed by atoms with Gasteiger partial charge in [0.1, 0.15) is 0 Å². The number of carbonyl (C=O) groups is 1. The molecule has 2 heteroatoms. The zero-order valence-electron chi connectivity index (χ0n) is 10.4. The molecule has 0 fully saturated rings. The Hall–Kier alpha value is -1.83. The van der Waals surface area contributed by atoms with Crippen LogP contribution in [0.3, 0.4) is 0 Å². The summed E-state index contributed by atoms with van der Waals surface area (Å²) in [5.74, 6) is 0.110. The fourth-order valence-corrected chi connectivity index (χ4v) is 1.67. The van der Waals surface area contributed by atoms with E-state index in [1.165, 1.54) is 0 Å². The number of carbonyl (C=O) groups excluding carboxylic acids is 1. The summed E-state index contributed by atoms with van der Waals surface area (Å²) in [6, 6.07) is 7.96. The largest absolute Gasteiger partial charge is 0.335 e. The molecular weight excluding hydrogens is 210 g/mol. The third kappa shape index (κ3) is 3.91. The van der Waals surface area contributed by atoms with Crippen LogP contribution >= 0.6 is 0 Å². The molecule has 17 heavy (non-hydrogen) atoms. The highest BCUT2D eigenvalue weighted by Gasteiger charge is 2.12. The number of benzene rings is 1. The van der Waals surface area contributed by atoms with Crippen molar-refractivity contribution >= 4 is 5.91 Å². The summed E-state index contributed by atoms with van der Waals surface area (Å²) in [6.07, 6.45) is 3.91. The Bertz CT molecular complexity index is 399. The van der Waals surface area contributed by atoms with E-state index in [9.17, 15) is 4.79 Å². The van der Waals surface area contributed by atoms with Gasteiger partial charge >= 0.3 is 0 Å². The number of amides is 1. The second-order valence-corrected chi connectivity index (χ2v) is 3.98. The lowest BCUT2D eigenvalue weighted by Gasteiger charge is -2.19. The molecule has 0 saturated heterocycles. The second-order valence-electron chi connectivity index (χ2n) is 3.98. The molecule has 0 aliphatic heterocycles. The van der Waals surface area contributed by atoms with Gasteiger partial charge in [-0.25, -0.2) is 0 Å². The summed E-state index contributed by atoms with van der Waals surface area (Å²) in [7, 11) is 0. The minimum Gasteiger partial charge on any atom is -0.335 e. The van der Waals surface area contributed by atoms with Gasteiger partial charge in [0.15, 0.2) is 0 Å². The maximum absolute atomic E-state index is 12.1. The number of rotatable bonds is 6. The molecule has 2 nitrogen and oxygen atoms in total. The molecule has 0 bridgehead atoms. The van der Waals surface area contributed by atoms with Crippen molar-refractivity contribution in [1.82, 2.24) is 4.90 Å². The highest BCUT2D eigenvalue weighted by molar-refractivity contribution is 5.79. The molecule has 1 amide bonds. The monoisotopic (exact) mass is 229 g/mol. The molecule has 0 N–H and O–H groups in total. The molecule has 0 spiro atoms. The van der Waals surface area contributed by atoms with Gasteiger partial charge in [0.05, 0.1) is 6.42 Å². The van der Waals surface area contributed by atoms with Crippen molar-refractivity contribution in [3.63, 3.8) is 0 Å². The summed E-state index contributed by atoms with van der Waals surface area (Å²) in [5, 5.41) is 0. The molecule has 0 saturated carbocycles. The van der Waals surface area contributed by atoms with Crippen molar-refractivity contribution in [1.29, 1.82) is 0 Å². The van der Waals surface area contributed by atoms with Gasteiger partial charge in [-0.05, 0) is 18.1 Å². The third-order valence-electron chi connectivity index (χ3n) is 2.65. The van der Waals surface area contributed by atoms with Gasteiger partial charge in [0.25, 0.3) is 0 Å². The highest BCUT2D eigenvalue weighted by atomic mass is 16.2. The number of hydrogen-bond acceptors (Lipinski definition) is 1. The predicted molar refractivity (Wildman–Crippen MR) is 71.9 cm³/mol. The van der Waals surface area contributed by atoms with E-state index < -0.39 is 0 Å². The van der Waals surface area contributed by atoms with E-state index in [-0.39, 0.29) is 5.91 Å². The Kier molecular flexibility index (Phi) is 5.21. The van der Waals surface area contributed by atoms with Crippen molar-refractivity contribution in [2.45, 2.75) is 13.3 Å². The zero-order chi connectivity index (χ0) is 12.7. The molecule has 0 heterocycles. The van der Waals surface area contributed by atoms with Crippen LogP contribution in [0.2, 0.25) is 0 Å². The first-order valence-corrected chi connectivity index (χ1v) is 5.73. The van der Waals surface area contributed by atoms with Crippen LogP contribution in [0.4, 0.5) is 0 Å². The minimum absolute atomic E-state index is 0.110. The van der Waals surface area contributed by atoms with E-state index >= 15 is 0 Å². The lowest BCUT2D eigenvalue weighted by atomic mass is 10.1. The SMILES string of the molecule is C=CCN(CC=C)C(=O)Cc1ccccc1C. The van der Waals surface area contributed by atoms with Crippen LogP contribution in [0.1, 0.15) is 11.1 Å². The molecule has 1 aromatic carbocycles. The van der Waals surface area contributed by atoms with Gasteiger partial charge in [-0.2, -0.15) is 0 Å². The standard InChI is InChI=1S/C15H19NO/c1-4-10-16(11-5-2)15(17)12-14-9-7-6-8-13(14)3/h4-9H,1-2,10-12H2,3H3. The predicted octanol–water partition coefficient (Wildman–Crippen LogP) is 2.74. The van der Waals surface area contributed by atoms with Gasteiger partial charge in [-0.1, -0.05) is 36.4 Å². The molecule has 1 rings (SSSR count). The van der Waals surface area contributed by atoms with E-state index in [2.05, 4.69) is 13.2 Å². The topological polar surface area (TPSA) is 20.3 Å². The lowest BCUT2D eigenvalue weighted by molar-refractivity contribution is -0.129. The summed E-state index contributed by atoms with van der Waals surface area (Å²) >= 11 is 0. The summed E-state index contributed by atoms with van der Waals surface area (Å²) in [4.78, 5) is 13.8. The number of nitrogens with zero attached hydrogens (tertiary/aromatic N) is 1. The van der Waals surface area contributed by atoms with Crippen LogP contribution in [0.25, 0.3) is 0 Å². The summed E-state index contributed by atoms with van der Waals surface area (Å²) in [5.41, 5.74) is 2.23. The first-order valence-electron chi connectivity index (χ1n) is 5.73. The number of hydrogen-bond donors (Lipinski definition) is 0. The van der Waals surface area contributed by atoms with Crippen LogP contribution in [0.5, 0.6) is 0 Å². The van der Waals surface area contributed by atoms with Crippen LogP contribution < -0.4 is 0 Å². The molecule has 0 aliphatic carbocycles. The maximum atomic E-state index is 12.1. The van der Waals surface area contributed by atoms with Gasteiger partial charge in [0, 0.05) is 13.1 Å². The first-order chi connectivity index (χ1) is 8.19. The van der Waals surface area contributed by atoms with Gasteiger partial charge in [0.2, 0.25) is 5.91 Å². The van der Waals surface area contributed by atoms with E-state index in [0.717, 1.165) is 11.1 Å². The van der Waals surface area contributed by atoms with Crippen LogP contribution in [0.15, 0.2) is 49.6 Å². The van der Waals surface area contributed by atoms with Gasteiger partial charge in [-0.15, -0.1) is 13.2 Å². The first kappa shape index (κ1) is 13.2. The summed E-state index contributed by atoms with van der Waals surface area (Å²) in [6.45, 7) is 10.5. The average molecular weight is 229 g/mol. The molecule has 90 valence electrons. The fraction of sp³-hybridized carbons (Fsp3) is 0.267. The van der Waals surface area contributed by atoms with Crippen molar-refractivity contribution in [2.24, 2.45) is 0 Å². The second kappa shape index (κ2) is 6.69. The van der Waals surface area contributed by atoms with Crippen molar-refractivity contribution < 1.29 is 4.79 Å². The van der Waals surface area contributed by atoms with Crippen molar-refractivity contribution in [3.05, 3.63) is 60.7 Å². The van der Waals surface area contributed by atoms with E-state index in [1.54, 1.807) is 17.1 Å². The highest BCUT2D eigenvalue weighted by Crippen LogP contribution is 2.09. The molecule has 0 aliphatic rings. The Morgan fingerprint density at radius 1 is 1.24 bits per heavy atom. The summed E-state index contributed by atoms with van der Waals surface area (Å²) < 4.78 is 0. The Balaban J connectivity index is 2.72. The third-order valence-corrected chi connectivity index (χ3v) is 2.65. The zero-order valence-corrected chi connectivity index (χ0v) is 10.4. The maximum Gasteiger partial charge on any atom is 0.227 e. The van der Waals surface area contributed by atoms with Gasteiger partial charge < -0.3 is 4.90 Å². The van der Waals surface area contributed by atoms with E-state index in [4.69, 9.17) is 0 Å². The van der Waals surface area contributed by atoms with Crippen molar-refractivity contribution in [3.8, 4) is 0 Å². The molecular formula is C15H19NO. The van der Waals surface area contributed by atoms with Crippen LogP contribution in [-0.4, -0.2) is 23.9 Å². The Morgan fingerprint density at radius 3 is 2.35 bits per heavy atom. The quantitative estimate of drug-likeness (QED) is 0.687. The average Bonchev–Trinajstić information content (AvgIpc) is 2.32. The molecule has 0 aromatic heterocycles. The molecule has 0 atom stereocenters. The van der Waals surface area contributed by atoms with E-state index in [0.29, 0.717) is 19.5 Å². The number of aryl methyl sites for hydroxylation is 1. The van der Waals surface area contributed by atoms with E-state index in [1.807, 2.05) is 31.2 Å². The fourth-order valence-electron chi connectivity index (χ4n) is 1.67. The Labute approximate surface area is 103 Å².